The van der Waals surface area contributed by atoms with E-state index in [1.807, 2.05) is 30.3 Å². The molecule has 0 radical (unpaired) electrons. The number of aryl methyl sites for hydroxylation is 1. The fourth-order valence-corrected chi connectivity index (χ4v) is 3.46. The first-order valence-corrected chi connectivity index (χ1v) is 8.56. The molecule has 2 heterocycles. The smallest absolute Gasteiger partial charge is 0.267 e. The van der Waals surface area contributed by atoms with E-state index in [0.29, 0.717) is 18.8 Å². The van der Waals surface area contributed by atoms with E-state index in [0.717, 1.165) is 12.0 Å². The second-order valence-corrected chi connectivity index (χ2v) is 6.94. The van der Waals surface area contributed by atoms with E-state index in [4.69, 9.17) is 0 Å². The molecule has 0 saturated carbocycles. The van der Waals surface area contributed by atoms with Crippen LogP contribution in [0.2, 0.25) is 0 Å². The number of hydrogen-bond acceptors (Lipinski definition) is 3. The third-order valence-corrected chi connectivity index (χ3v) is 4.95. The molecular weight excluding hydrogens is 302 g/mol. The first kappa shape index (κ1) is 14.8. The second kappa shape index (κ2) is 5.94. The molecule has 0 atom stereocenters. The van der Waals surface area contributed by atoms with Crippen LogP contribution < -0.4 is 10.0 Å². The normalized spacial score (nSPS) is 15.0. The van der Waals surface area contributed by atoms with Crippen molar-refractivity contribution in [3.05, 3.63) is 53.9 Å². The molecule has 7 heteroatoms. The zero-order valence-corrected chi connectivity index (χ0v) is 12.8. The summed E-state index contributed by atoms with van der Waals surface area (Å²) >= 11 is 0. The molecule has 116 valence electrons. The number of benzene rings is 1. The number of amides is 1. The average Bonchev–Trinajstić information content (AvgIpc) is 2.88. The van der Waals surface area contributed by atoms with Gasteiger partial charge in [-0.1, -0.05) is 30.3 Å². The predicted octanol–water partition coefficient (Wildman–Crippen LogP) is 1.10. The number of carbonyl (C=O) groups excluding carboxylic acids is 1. The molecule has 2 N–H and O–H groups in total. The highest BCUT2D eigenvalue weighted by atomic mass is 32.2. The van der Waals surface area contributed by atoms with Gasteiger partial charge in [0.05, 0.1) is 0 Å². The van der Waals surface area contributed by atoms with Crippen LogP contribution in [0.25, 0.3) is 0 Å². The molecule has 2 aromatic rings. The lowest BCUT2D eigenvalue weighted by atomic mass is 10.2. The molecule has 1 aromatic heterocycles. The standard InChI is InChI=1S/C15H17N3O3S/c19-15-14-9-13(11-18(14)8-4-7-16-15)22(20,21)17-10-12-5-2-1-3-6-12/h1-3,5-6,9,11,17H,4,7-8,10H2,(H,16,19). The van der Waals surface area contributed by atoms with Crippen LogP contribution in [-0.2, 0) is 23.1 Å². The molecule has 0 aliphatic carbocycles. The summed E-state index contributed by atoms with van der Waals surface area (Å²) in [6.45, 7) is 1.45. The Balaban J connectivity index is 1.81. The number of nitrogens with one attached hydrogen (secondary N) is 2. The summed E-state index contributed by atoms with van der Waals surface area (Å²) in [5.41, 5.74) is 1.27. The van der Waals surface area contributed by atoms with E-state index in [-0.39, 0.29) is 17.3 Å². The monoisotopic (exact) mass is 319 g/mol. The minimum atomic E-state index is -3.64. The van der Waals surface area contributed by atoms with Crippen LogP contribution in [0.15, 0.2) is 47.5 Å². The zero-order chi connectivity index (χ0) is 15.6. The molecule has 0 bridgehead atoms. The van der Waals surface area contributed by atoms with Crippen LogP contribution in [0, 0.1) is 0 Å². The first-order chi connectivity index (χ1) is 10.6. The fraction of sp³-hybridized carbons (Fsp3) is 0.267. The largest absolute Gasteiger partial charge is 0.351 e. The maximum Gasteiger partial charge on any atom is 0.267 e. The van der Waals surface area contributed by atoms with Crippen molar-refractivity contribution in [3.8, 4) is 0 Å². The Morgan fingerprint density at radius 1 is 1.23 bits per heavy atom. The first-order valence-electron chi connectivity index (χ1n) is 7.08. The van der Waals surface area contributed by atoms with E-state index in [1.54, 1.807) is 4.57 Å². The summed E-state index contributed by atoms with van der Waals surface area (Å²) < 4.78 is 29.0. The molecule has 0 saturated heterocycles. The molecule has 1 amide bonds. The molecule has 22 heavy (non-hydrogen) atoms. The van der Waals surface area contributed by atoms with E-state index < -0.39 is 10.0 Å². The summed E-state index contributed by atoms with van der Waals surface area (Å²) in [5, 5.41) is 2.75. The fourth-order valence-electron chi connectivity index (χ4n) is 2.41. The zero-order valence-electron chi connectivity index (χ0n) is 12.0. The highest BCUT2D eigenvalue weighted by Gasteiger charge is 2.22. The minimum Gasteiger partial charge on any atom is -0.351 e. The molecule has 0 spiro atoms. The van der Waals surface area contributed by atoms with Gasteiger partial charge >= 0.3 is 0 Å². The van der Waals surface area contributed by atoms with Crippen LogP contribution in [0.4, 0.5) is 0 Å². The predicted molar refractivity (Wildman–Crippen MR) is 81.8 cm³/mol. The third kappa shape index (κ3) is 3.05. The Hall–Kier alpha value is -2.12. The number of nitrogens with zero attached hydrogens (tertiary/aromatic N) is 1. The lowest BCUT2D eigenvalue weighted by Gasteiger charge is -2.05. The Morgan fingerprint density at radius 2 is 2.00 bits per heavy atom. The highest BCUT2D eigenvalue weighted by Crippen LogP contribution is 2.17. The molecule has 1 aliphatic heterocycles. The maximum absolute atomic E-state index is 12.4. The summed E-state index contributed by atoms with van der Waals surface area (Å²) in [6.07, 6.45) is 2.30. The van der Waals surface area contributed by atoms with Crippen molar-refractivity contribution >= 4 is 15.9 Å². The summed E-state index contributed by atoms with van der Waals surface area (Å²) in [7, 11) is -3.64. The maximum atomic E-state index is 12.4. The molecule has 1 aliphatic rings. The van der Waals surface area contributed by atoms with Gasteiger partial charge < -0.3 is 9.88 Å². The Kier molecular flexibility index (Phi) is 4.00. The van der Waals surface area contributed by atoms with Crippen LogP contribution >= 0.6 is 0 Å². The Morgan fingerprint density at radius 3 is 2.77 bits per heavy atom. The second-order valence-electron chi connectivity index (χ2n) is 5.17. The number of sulfonamides is 1. The van der Waals surface area contributed by atoms with E-state index >= 15 is 0 Å². The van der Waals surface area contributed by atoms with Crippen molar-refractivity contribution in [1.82, 2.24) is 14.6 Å². The van der Waals surface area contributed by atoms with Crippen LogP contribution in [0.1, 0.15) is 22.5 Å². The van der Waals surface area contributed by atoms with Gasteiger partial charge in [0.15, 0.2) is 0 Å². The number of rotatable bonds is 4. The number of fused-ring (bicyclic) bond motifs is 1. The lowest BCUT2D eigenvalue weighted by Crippen LogP contribution is -2.24. The lowest BCUT2D eigenvalue weighted by molar-refractivity contribution is 0.0951. The molecule has 6 nitrogen and oxygen atoms in total. The highest BCUT2D eigenvalue weighted by molar-refractivity contribution is 7.89. The Labute approximate surface area is 129 Å². The van der Waals surface area contributed by atoms with Gasteiger partial charge in [-0.15, -0.1) is 0 Å². The molecule has 3 rings (SSSR count). The van der Waals surface area contributed by atoms with E-state index in [2.05, 4.69) is 10.0 Å². The summed E-state index contributed by atoms with van der Waals surface area (Å²) in [5.74, 6) is -0.234. The van der Waals surface area contributed by atoms with Crippen molar-refractivity contribution in [2.45, 2.75) is 24.4 Å². The van der Waals surface area contributed by atoms with Crippen molar-refractivity contribution in [3.63, 3.8) is 0 Å². The molecule has 0 unspecified atom stereocenters. The SMILES string of the molecule is O=C1NCCCn2cc(S(=O)(=O)NCc3ccccc3)cc21. The molecule has 1 aromatic carbocycles. The van der Waals surface area contributed by atoms with Crippen LogP contribution in [0.5, 0.6) is 0 Å². The van der Waals surface area contributed by atoms with Crippen LogP contribution in [-0.4, -0.2) is 25.4 Å². The Bertz CT molecular complexity index is 782. The van der Waals surface area contributed by atoms with Gasteiger partial charge in [0.1, 0.15) is 10.6 Å². The van der Waals surface area contributed by atoms with Gasteiger partial charge in [-0.2, -0.15) is 0 Å². The number of carbonyl (C=O) groups is 1. The van der Waals surface area contributed by atoms with Gasteiger partial charge in [0, 0.05) is 25.8 Å². The van der Waals surface area contributed by atoms with Gasteiger partial charge in [-0.05, 0) is 18.1 Å². The van der Waals surface area contributed by atoms with E-state index in [9.17, 15) is 13.2 Å². The average molecular weight is 319 g/mol. The van der Waals surface area contributed by atoms with Gasteiger partial charge in [0.2, 0.25) is 10.0 Å². The van der Waals surface area contributed by atoms with Gasteiger partial charge in [0.25, 0.3) is 5.91 Å². The number of aromatic nitrogens is 1. The van der Waals surface area contributed by atoms with Crippen molar-refractivity contribution in [2.24, 2.45) is 0 Å². The van der Waals surface area contributed by atoms with Crippen molar-refractivity contribution in [1.29, 1.82) is 0 Å². The van der Waals surface area contributed by atoms with E-state index in [1.165, 1.54) is 12.3 Å². The third-order valence-electron chi connectivity index (χ3n) is 3.58. The number of hydrogen-bond donors (Lipinski definition) is 2. The molecular formula is C15H17N3O3S. The minimum absolute atomic E-state index is 0.121. The molecule has 0 fully saturated rings. The van der Waals surface area contributed by atoms with Gasteiger partial charge in [-0.3, -0.25) is 4.79 Å². The summed E-state index contributed by atoms with van der Waals surface area (Å²) in [6, 6.07) is 10.7. The summed E-state index contributed by atoms with van der Waals surface area (Å²) in [4.78, 5) is 12.0. The topological polar surface area (TPSA) is 80.2 Å². The quantitative estimate of drug-likeness (QED) is 0.885. The van der Waals surface area contributed by atoms with Crippen molar-refractivity contribution < 1.29 is 13.2 Å². The van der Waals surface area contributed by atoms with Gasteiger partial charge in [-0.25, -0.2) is 13.1 Å². The van der Waals surface area contributed by atoms with Crippen molar-refractivity contribution in [2.75, 3.05) is 6.54 Å². The van der Waals surface area contributed by atoms with Crippen LogP contribution in [0.3, 0.4) is 0 Å².